The van der Waals surface area contributed by atoms with Gasteiger partial charge in [0.25, 0.3) is 0 Å². The van der Waals surface area contributed by atoms with Crippen LogP contribution in [0.3, 0.4) is 0 Å². The molecule has 0 unspecified atom stereocenters. The maximum absolute atomic E-state index is 12.2. The van der Waals surface area contributed by atoms with Gasteiger partial charge in [-0.2, -0.15) is 5.11 Å². The maximum atomic E-state index is 12.2. The summed E-state index contributed by atoms with van der Waals surface area (Å²) in [6.07, 6.45) is 0.139. The third-order valence-electron chi connectivity index (χ3n) is 4.03. The van der Waals surface area contributed by atoms with Crippen LogP contribution in [0.5, 0.6) is 0 Å². The number of hydrogen-bond donors (Lipinski definition) is 2. The van der Waals surface area contributed by atoms with E-state index >= 15 is 0 Å². The molecule has 2 aromatic carbocycles. The van der Waals surface area contributed by atoms with Gasteiger partial charge in [0, 0.05) is 17.7 Å². The van der Waals surface area contributed by atoms with Gasteiger partial charge in [0.2, 0.25) is 16.3 Å². The van der Waals surface area contributed by atoms with E-state index in [2.05, 4.69) is 19.7 Å². The van der Waals surface area contributed by atoms with E-state index in [1.807, 2.05) is 0 Å². The van der Waals surface area contributed by atoms with Crippen molar-refractivity contribution in [2.24, 2.45) is 10.2 Å². The van der Waals surface area contributed by atoms with Gasteiger partial charge in [0.1, 0.15) is 5.69 Å². The van der Waals surface area contributed by atoms with Crippen LogP contribution in [-0.2, 0) is 29.2 Å². The molecule has 0 spiro atoms. The van der Waals surface area contributed by atoms with Crippen LogP contribution in [0.15, 0.2) is 51.5 Å². The number of sulfone groups is 1. The van der Waals surface area contributed by atoms with E-state index in [-0.39, 0.29) is 105 Å². The summed E-state index contributed by atoms with van der Waals surface area (Å²) in [5.41, 5.74) is 5.42. The molecular weight excluding hydrogens is 526 g/mol. The monoisotopic (exact) mass is 544 g/mol. The standard InChI is InChI=1S/C18H20N4O9S2.2Na/c1-2-17(23)20-15-10-14(19)13(18(24)25)9-16(15)22-21-11-3-5-12(6-4-11)32(26,27)8-7-31-33(28,29)30;;/h3-6,9-10H,2,7-8,19H2,1H3,(H,20,23)(H,24,25)(H,28,29,30);;/q;2*+1/p-2. The summed E-state index contributed by atoms with van der Waals surface area (Å²) >= 11 is 0. The number of carboxylic acid groups (broad SMARTS) is 1. The van der Waals surface area contributed by atoms with Gasteiger partial charge in [0.15, 0.2) is 9.84 Å². The molecule has 0 radical (unpaired) electrons. The van der Waals surface area contributed by atoms with Crippen LogP contribution >= 0.6 is 0 Å². The molecule has 0 bridgehead atoms. The first kappa shape index (κ1) is 33.6. The van der Waals surface area contributed by atoms with E-state index in [4.69, 9.17) is 5.73 Å². The largest absolute Gasteiger partial charge is 1.00 e. The average Bonchev–Trinajstić information content (AvgIpc) is 2.72. The number of nitrogens with one attached hydrogen (secondary N) is 1. The minimum Gasteiger partial charge on any atom is -0.726 e. The Morgan fingerprint density at radius 1 is 1.06 bits per heavy atom. The van der Waals surface area contributed by atoms with E-state index in [1.165, 1.54) is 30.3 Å². The molecular formula is C18H18N4Na2O9S2. The van der Waals surface area contributed by atoms with E-state index in [0.717, 1.165) is 6.07 Å². The number of anilines is 2. The van der Waals surface area contributed by atoms with Crippen LogP contribution in [0, 0.1) is 0 Å². The fourth-order valence-electron chi connectivity index (χ4n) is 2.40. The Hall–Kier alpha value is -1.40. The predicted octanol–water partition coefficient (Wildman–Crippen LogP) is -5.35. The molecule has 3 N–H and O–H groups in total. The van der Waals surface area contributed by atoms with E-state index in [0.29, 0.717) is 0 Å². The Morgan fingerprint density at radius 3 is 2.17 bits per heavy atom. The molecule has 35 heavy (non-hydrogen) atoms. The van der Waals surface area contributed by atoms with Crippen LogP contribution in [0.2, 0.25) is 0 Å². The molecule has 0 saturated carbocycles. The first-order valence-corrected chi connectivity index (χ1v) is 12.1. The Labute approximate surface area is 246 Å². The van der Waals surface area contributed by atoms with Crippen molar-refractivity contribution in [2.45, 2.75) is 18.2 Å². The number of amides is 1. The molecule has 0 aromatic heterocycles. The molecule has 0 aliphatic carbocycles. The van der Waals surface area contributed by atoms with E-state index in [9.17, 15) is 36.1 Å². The second-order valence-corrected chi connectivity index (χ2v) is 9.55. The summed E-state index contributed by atoms with van der Waals surface area (Å²) in [5.74, 6) is -2.68. The van der Waals surface area contributed by atoms with Crippen LogP contribution < -0.4 is 75.3 Å². The third kappa shape index (κ3) is 10.6. The normalized spacial score (nSPS) is 11.4. The van der Waals surface area contributed by atoms with Crippen molar-refractivity contribution in [3.05, 3.63) is 42.0 Å². The topological polar surface area (TPSA) is 221 Å². The predicted molar refractivity (Wildman–Crippen MR) is 112 cm³/mol. The number of nitrogens with two attached hydrogens (primary N) is 1. The van der Waals surface area contributed by atoms with Crippen molar-refractivity contribution < 1.29 is 99.4 Å². The summed E-state index contributed by atoms with van der Waals surface area (Å²) in [4.78, 5) is 22.8. The molecule has 1 amide bonds. The van der Waals surface area contributed by atoms with Gasteiger partial charge >= 0.3 is 59.1 Å². The number of rotatable bonds is 10. The number of benzene rings is 2. The quantitative estimate of drug-likeness (QED) is 0.0950. The first-order valence-electron chi connectivity index (χ1n) is 9.12. The minimum atomic E-state index is -5.01. The van der Waals surface area contributed by atoms with Crippen molar-refractivity contribution in [1.29, 1.82) is 0 Å². The fourth-order valence-corrected chi connectivity index (χ4v) is 3.88. The van der Waals surface area contributed by atoms with Gasteiger partial charge < -0.3 is 25.5 Å². The van der Waals surface area contributed by atoms with Gasteiger partial charge in [-0.15, -0.1) is 5.11 Å². The average molecular weight is 544 g/mol. The fraction of sp³-hybridized carbons (Fsp3) is 0.222. The summed E-state index contributed by atoms with van der Waals surface area (Å²) in [7, 11) is -8.95. The van der Waals surface area contributed by atoms with Crippen molar-refractivity contribution >= 4 is 54.9 Å². The minimum absolute atomic E-state index is 0. The number of carbonyl (C=O) groups excluding carboxylic acids is 2. The second kappa shape index (κ2) is 14.4. The van der Waals surface area contributed by atoms with Crippen molar-refractivity contribution in [2.75, 3.05) is 23.4 Å². The summed E-state index contributed by atoms with van der Waals surface area (Å²) in [5, 5.41) is 21.6. The second-order valence-electron chi connectivity index (χ2n) is 6.39. The number of azo groups is 1. The van der Waals surface area contributed by atoms with Crippen LogP contribution in [0.25, 0.3) is 0 Å². The number of hydrogen-bond acceptors (Lipinski definition) is 12. The zero-order valence-electron chi connectivity index (χ0n) is 19.0. The number of carboxylic acids is 1. The Morgan fingerprint density at radius 2 is 1.66 bits per heavy atom. The molecule has 2 aromatic rings. The molecule has 13 nitrogen and oxygen atoms in total. The first-order chi connectivity index (χ1) is 15.3. The van der Waals surface area contributed by atoms with Crippen LogP contribution in [0.1, 0.15) is 23.7 Å². The number of nitrogens with zero attached hydrogens (tertiary/aromatic N) is 2. The molecule has 0 aliphatic rings. The summed E-state index contributed by atoms with van der Waals surface area (Å²) in [6.45, 7) is 0.774. The van der Waals surface area contributed by atoms with Gasteiger partial charge in [-0.05, 0) is 36.4 Å². The molecule has 178 valence electrons. The Kier molecular flexibility index (Phi) is 13.8. The zero-order valence-corrected chi connectivity index (χ0v) is 24.7. The molecule has 17 heteroatoms. The zero-order chi connectivity index (χ0) is 24.8. The van der Waals surface area contributed by atoms with Crippen LogP contribution in [-0.4, -0.2) is 45.6 Å². The van der Waals surface area contributed by atoms with E-state index in [1.54, 1.807) is 6.92 Å². The summed E-state index contributed by atoms with van der Waals surface area (Å²) in [6, 6.07) is 7.18. The molecule has 0 heterocycles. The van der Waals surface area contributed by atoms with Crippen molar-refractivity contribution in [3.63, 3.8) is 0 Å². The number of carbonyl (C=O) groups is 2. The smallest absolute Gasteiger partial charge is 0.726 e. The van der Waals surface area contributed by atoms with Crippen LogP contribution in [0.4, 0.5) is 22.7 Å². The maximum Gasteiger partial charge on any atom is 1.00 e. The van der Waals surface area contributed by atoms with Gasteiger partial charge in [0.05, 0.1) is 34.6 Å². The van der Waals surface area contributed by atoms with Crippen molar-refractivity contribution in [3.8, 4) is 0 Å². The van der Waals surface area contributed by atoms with Gasteiger partial charge in [-0.1, -0.05) is 6.92 Å². The molecule has 0 fully saturated rings. The molecule has 0 aliphatic heterocycles. The number of nitrogen functional groups attached to an aromatic ring is 1. The van der Waals surface area contributed by atoms with Gasteiger partial charge in [-0.3, -0.25) is 8.98 Å². The van der Waals surface area contributed by atoms with E-state index < -0.39 is 38.6 Å². The molecule has 2 rings (SSSR count). The summed E-state index contributed by atoms with van der Waals surface area (Å²) < 4.78 is 59.5. The Bertz CT molecular complexity index is 1300. The third-order valence-corrected chi connectivity index (χ3v) is 6.18. The number of aromatic carboxylic acids is 1. The van der Waals surface area contributed by atoms with Crippen molar-refractivity contribution in [1.82, 2.24) is 0 Å². The van der Waals surface area contributed by atoms with Gasteiger partial charge in [-0.25, -0.2) is 16.8 Å². The molecule has 0 atom stereocenters. The molecule has 0 saturated heterocycles. The Balaban J connectivity index is 0.00000578. The SMILES string of the molecule is CCC(=O)Nc1cc(N)c(C(=O)[O-])cc1N=Nc1ccc(S(=O)(=O)CCOS(=O)(=O)[O-])cc1.[Na+].[Na+].